The second-order valence-electron chi connectivity index (χ2n) is 3.92. The molecule has 82 valence electrons. The molecule has 2 heterocycles. The second-order valence-corrected chi connectivity index (χ2v) is 3.92. The number of benzene rings is 1. The molecule has 0 amide bonds. The van der Waals surface area contributed by atoms with E-state index in [9.17, 15) is 0 Å². The number of imidazole rings is 1. The Hall–Kier alpha value is -2.35. The molecule has 0 spiro atoms. The molecule has 17 heavy (non-hydrogen) atoms. The highest BCUT2D eigenvalue weighted by Gasteiger charge is 2.03. The lowest BCUT2D eigenvalue weighted by Crippen LogP contribution is -1.82. The Morgan fingerprint density at radius 1 is 1.00 bits per heavy atom. The van der Waals surface area contributed by atoms with Crippen LogP contribution in [0.1, 0.15) is 5.56 Å². The Kier molecular flexibility index (Phi) is 2.26. The normalized spacial score (nSPS) is 10.6. The van der Waals surface area contributed by atoms with Crippen LogP contribution in [0.5, 0.6) is 0 Å². The number of fused-ring (bicyclic) bond motifs is 1. The van der Waals surface area contributed by atoms with Crippen molar-refractivity contribution in [2.45, 2.75) is 0 Å². The summed E-state index contributed by atoms with van der Waals surface area (Å²) < 4.78 is 2.03. The number of hydrogen-bond donors (Lipinski definition) is 0. The molecule has 0 fully saturated rings. The van der Waals surface area contributed by atoms with Crippen molar-refractivity contribution in [3.05, 3.63) is 67.0 Å². The van der Waals surface area contributed by atoms with Gasteiger partial charge >= 0.3 is 0 Å². The van der Waals surface area contributed by atoms with Gasteiger partial charge in [0.25, 0.3) is 0 Å². The summed E-state index contributed by atoms with van der Waals surface area (Å²) in [5.74, 6) is 0. The molecule has 2 aromatic heterocycles. The van der Waals surface area contributed by atoms with Gasteiger partial charge in [-0.1, -0.05) is 43.0 Å². The van der Waals surface area contributed by atoms with Crippen LogP contribution in [0, 0.1) is 0 Å². The zero-order chi connectivity index (χ0) is 11.7. The molecule has 0 unspecified atom stereocenters. The summed E-state index contributed by atoms with van der Waals surface area (Å²) >= 11 is 0. The van der Waals surface area contributed by atoms with Crippen LogP contribution in [-0.2, 0) is 0 Å². The highest BCUT2D eigenvalue weighted by molar-refractivity contribution is 5.63. The number of hydrogen-bond acceptors (Lipinski definition) is 1. The van der Waals surface area contributed by atoms with Crippen LogP contribution >= 0.6 is 0 Å². The van der Waals surface area contributed by atoms with Crippen LogP contribution in [0.15, 0.2) is 61.4 Å². The molecule has 0 N–H and O–H groups in total. The summed E-state index contributed by atoms with van der Waals surface area (Å²) in [6, 6.07) is 14.2. The van der Waals surface area contributed by atoms with Crippen molar-refractivity contribution in [3.63, 3.8) is 0 Å². The van der Waals surface area contributed by atoms with Gasteiger partial charge in [-0.2, -0.15) is 0 Å². The zero-order valence-electron chi connectivity index (χ0n) is 9.38. The highest BCUT2D eigenvalue weighted by atomic mass is 15.0. The van der Waals surface area contributed by atoms with E-state index in [4.69, 9.17) is 0 Å². The molecule has 0 aliphatic rings. The van der Waals surface area contributed by atoms with Crippen molar-refractivity contribution < 1.29 is 0 Å². The maximum atomic E-state index is 4.59. The third-order valence-electron chi connectivity index (χ3n) is 2.78. The van der Waals surface area contributed by atoms with Gasteiger partial charge in [-0.3, -0.25) is 0 Å². The Labute approximate surface area is 99.9 Å². The quantitative estimate of drug-likeness (QED) is 0.644. The van der Waals surface area contributed by atoms with Gasteiger partial charge in [-0.05, 0) is 17.7 Å². The van der Waals surface area contributed by atoms with Crippen molar-refractivity contribution >= 4 is 11.7 Å². The van der Waals surface area contributed by atoms with E-state index < -0.39 is 0 Å². The van der Waals surface area contributed by atoms with Gasteiger partial charge in [0.15, 0.2) is 0 Å². The molecule has 0 saturated heterocycles. The molecule has 0 aliphatic heterocycles. The summed E-state index contributed by atoms with van der Waals surface area (Å²) in [5.41, 5.74) is 4.17. The van der Waals surface area contributed by atoms with Crippen molar-refractivity contribution in [3.8, 4) is 11.3 Å². The van der Waals surface area contributed by atoms with Gasteiger partial charge in [0.05, 0.1) is 5.69 Å². The summed E-state index contributed by atoms with van der Waals surface area (Å²) in [6.07, 6.45) is 5.90. The third kappa shape index (κ3) is 1.74. The van der Waals surface area contributed by atoms with E-state index in [0.717, 1.165) is 22.5 Å². The van der Waals surface area contributed by atoms with E-state index in [-0.39, 0.29) is 0 Å². The fourth-order valence-corrected chi connectivity index (χ4v) is 1.88. The lowest BCUT2D eigenvalue weighted by Gasteiger charge is -1.94. The fourth-order valence-electron chi connectivity index (χ4n) is 1.88. The molecule has 0 atom stereocenters. The van der Waals surface area contributed by atoms with E-state index in [1.54, 1.807) is 0 Å². The average molecular weight is 220 g/mol. The molecular weight excluding hydrogens is 208 g/mol. The van der Waals surface area contributed by atoms with E-state index >= 15 is 0 Å². The Morgan fingerprint density at radius 3 is 2.59 bits per heavy atom. The number of nitrogens with zero attached hydrogens (tertiary/aromatic N) is 2. The molecule has 0 saturated carbocycles. The van der Waals surface area contributed by atoms with Gasteiger partial charge in [0.2, 0.25) is 0 Å². The minimum absolute atomic E-state index is 0.953. The van der Waals surface area contributed by atoms with E-state index in [1.807, 2.05) is 53.2 Å². The molecule has 0 bridgehead atoms. The minimum atomic E-state index is 0.953. The maximum absolute atomic E-state index is 4.59. The molecule has 2 nitrogen and oxygen atoms in total. The predicted octanol–water partition coefficient (Wildman–Crippen LogP) is 3.64. The summed E-state index contributed by atoms with van der Waals surface area (Å²) in [4.78, 5) is 4.59. The summed E-state index contributed by atoms with van der Waals surface area (Å²) in [6.45, 7) is 3.77. The number of pyridine rings is 1. The van der Waals surface area contributed by atoms with Gasteiger partial charge < -0.3 is 4.40 Å². The van der Waals surface area contributed by atoms with Gasteiger partial charge in [0, 0.05) is 18.0 Å². The first-order valence-corrected chi connectivity index (χ1v) is 5.53. The maximum Gasteiger partial charge on any atom is 0.137 e. The Balaban J connectivity index is 2.17. The SMILES string of the molecule is C=Cc1ccc2nc(-c3ccccc3)cn2c1. The number of rotatable bonds is 2. The van der Waals surface area contributed by atoms with Gasteiger partial charge in [-0.25, -0.2) is 4.98 Å². The summed E-state index contributed by atoms with van der Waals surface area (Å²) in [7, 11) is 0. The van der Waals surface area contributed by atoms with Crippen LogP contribution in [0.2, 0.25) is 0 Å². The summed E-state index contributed by atoms with van der Waals surface area (Å²) in [5, 5.41) is 0. The Morgan fingerprint density at radius 2 is 1.82 bits per heavy atom. The molecular formula is C15H12N2. The highest BCUT2D eigenvalue weighted by Crippen LogP contribution is 2.19. The standard InChI is InChI=1S/C15H12N2/c1-2-12-8-9-15-16-14(11-17(15)10-12)13-6-4-3-5-7-13/h2-11H,1H2. The average Bonchev–Trinajstić information content (AvgIpc) is 2.82. The molecule has 1 aromatic carbocycles. The monoisotopic (exact) mass is 220 g/mol. The zero-order valence-corrected chi connectivity index (χ0v) is 9.38. The van der Waals surface area contributed by atoms with Gasteiger partial charge in [0.1, 0.15) is 5.65 Å². The molecule has 0 radical (unpaired) electrons. The first kappa shape index (κ1) is 9.85. The fraction of sp³-hybridized carbons (Fsp3) is 0. The topological polar surface area (TPSA) is 17.3 Å². The van der Waals surface area contributed by atoms with Crippen molar-refractivity contribution in [2.75, 3.05) is 0 Å². The molecule has 3 aromatic rings. The van der Waals surface area contributed by atoms with Crippen molar-refractivity contribution in [2.24, 2.45) is 0 Å². The Bertz CT molecular complexity index is 666. The largest absolute Gasteiger partial charge is 0.306 e. The van der Waals surface area contributed by atoms with Crippen LogP contribution in [0.3, 0.4) is 0 Å². The van der Waals surface area contributed by atoms with Crippen LogP contribution in [0.25, 0.3) is 23.0 Å². The van der Waals surface area contributed by atoms with Gasteiger partial charge in [-0.15, -0.1) is 0 Å². The molecule has 2 heteroatoms. The molecule has 3 rings (SSSR count). The van der Waals surface area contributed by atoms with Crippen LogP contribution < -0.4 is 0 Å². The lowest BCUT2D eigenvalue weighted by atomic mass is 10.2. The van der Waals surface area contributed by atoms with Crippen LogP contribution in [0.4, 0.5) is 0 Å². The van der Waals surface area contributed by atoms with E-state index in [1.165, 1.54) is 0 Å². The van der Waals surface area contributed by atoms with Crippen molar-refractivity contribution in [1.82, 2.24) is 9.38 Å². The van der Waals surface area contributed by atoms with E-state index in [0.29, 0.717) is 0 Å². The lowest BCUT2D eigenvalue weighted by molar-refractivity contribution is 1.18. The predicted molar refractivity (Wildman–Crippen MR) is 70.7 cm³/mol. The van der Waals surface area contributed by atoms with E-state index in [2.05, 4.69) is 23.7 Å². The third-order valence-corrected chi connectivity index (χ3v) is 2.78. The first-order chi connectivity index (χ1) is 8.36. The second kappa shape index (κ2) is 3.91. The molecule has 0 aliphatic carbocycles. The van der Waals surface area contributed by atoms with Crippen LogP contribution in [-0.4, -0.2) is 9.38 Å². The van der Waals surface area contributed by atoms with Crippen molar-refractivity contribution in [1.29, 1.82) is 0 Å². The smallest absolute Gasteiger partial charge is 0.137 e. The minimum Gasteiger partial charge on any atom is -0.306 e. The number of aromatic nitrogens is 2. The first-order valence-electron chi connectivity index (χ1n) is 5.53.